The number of nitrogens with two attached hydrogens (primary N) is 1. The van der Waals surface area contributed by atoms with E-state index < -0.39 is 0 Å². The lowest BCUT2D eigenvalue weighted by molar-refractivity contribution is 0.230. The van der Waals surface area contributed by atoms with Crippen molar-refractivity contribution in [1.82, 2.24) is 0 Å². The molecular formula is C19H26IN3O. The number of aliphatic imine (C=N–C) groups is 1. The van der Waals surface area contributed by atoms with Gasteiger partial charge in [0.15, 0.2) is 5.96 Å². The number of halogens is 1. The highest BCUT2D eigenvalue weighted by atomic mass is 127. The van der Waals surface area contributed by atoms with Crippen molar-refractivity contribution in [2.75, 3.05) is 11.9 Å². The third-order valence-electron chi connectivity index (χ3n) is 3.62. The second-order valence-electron chi connectivity index (χ2n) is 5.89. The predicted octanol–water partition coefficient (Wildman–Crippen LogP) is 4.42. The summed E-state index contributed by atoms with van der Waals surface area (Å²) in [6, 6.07) is 14.1. The van der Waals surface area contributed by atoms with Gasteiger partial charge in [0.2, 0.25) is 0 Å². The summed E-state index contributed by atoms with van der Waals surface area (Å²) in [4.78, 5) is 4.35. The second kappa shape index (κ2) is 9.52. The molecule has 0 aliphatic carbocycles. The van der Waals surface area contributed by atoms with Gasteiger partial charge in [-0.25, -0.2) is 4.99 Å². The second-order valence-corrected chi connectivity index (χ2v) is 5.89. The zero-order chi connectivity index (χ0) is 16.8. The fraction of sp³-hybridized carbons (Fsp3) is 0.316. The number of rotatable bonds is 5. The van der Waals surface area contributed by atoms with Crippen LogP contribution in [0.4, 0.5) is 5.69 Å². The minimum absolute atomic E-state index is 0. The highest BCUT2D eigenvalue weighted by molar-refractivity contribution is 14.0. The van der Waals surface area contributed by atoms with Crippen molar-refractivity contribution < 1.29 is 4.74 Å². The van der Waals surface area contributed by atoms with Crippen LogP contribution in [-0.4, -0.2) is 18.6 Å². The Morgan fingerprint density at radius 1 is 1.12 bits per heavy atom. The van der Waals surface area contributed by atoms with Crippen molar-refractivity contribution in [3.05, 3.63) is 59.2 Å². The van der Waals surface area contributed by atoms with Gasteiger partial charge in [0.25, 0.3) is 0 Å². The minimum Gasteiger partial charge on any atom is -0.489 e. The van der Waals surface area contributed by atoms with Gasteiger partial charge in [-0.1, -0.05) is 18.2 Å². The molecule has 0 heterocycles. The van der Waals surface area contributed by atoms with E-state index in [0.717, 1.165) is 11.4 Å². The lowest BCUT2D eigenvalue weighted by Gasteiger charge is -2.14. The van der Waals surface area contributed by atoms with Crippen LogP contribution in [-0.2, 0) is 0 Å². The summed E-state index contributed by atoms with van der Waals surface area (Å²) in [7, 11) is 0. The number of hydrogen-bond acceptors (Lipinski definition) is 2. The normalized spacial score (nSPS) is 12.2. The third-order valence-corrected chi connectivity index (χ3v) is 3.62. The summed E-state index contributed by atoms with van der Waals surface area (Å²) in [6.07, 6.45) is -0.0445. The molecule has 0 saturated heterocycles. The molecule has 2 aromatic rings. The number of aryl methyl sites for hydroxylation is 3. The van der Waals surface area contributed by atoms with Crippen molar-refractivity contribution >= 4 is 35.6 Å². The number of nitrogens with zero attached hydrogens (tertiary/aromatic N) is 1. The summed E-state index contributed by atoms with van der Waals surface area (Å²) in [5, 5.41) is 3.11. The van der Waals surface area contributed by atoms with Crippen LogP contribution >= 0.6 is 24.0 Å². The Morgan fingerprint density at radius 3 is 2.54 bits per heavy atom. The molecule has 0 bridgehead atoms. The lowest BCUT2D eigenvalue weighted by atomic mass is 10.1. The maximum absolute atomic E-state index is 5.94. The van der Waals surface area contributed by atoms with Crippen LogP contribution in [0.5, 0.6) is 5.75 Å². The molecule has 0 saturated carbocycles. The van der Waals surface area contributed by atoms with Crippen LogP contribution in [0.2, 0.25) is 0 Å². The molecule has 0 amide bonds. The number of ether oxygens (including phenoxy) is 1. The summed E-state index contributed by atoms with van der Waals surface area (Å²) in [5.41, 5.74) is 10.5. The van der Waals surface area contributed by atoms with Gasteiger partial charge in [0.05, 0.1) is 6.54 Å². The first-order valence-electron chi connectivity index (χ1n) is 7.81. The van der Waals surface area contributed by atoms with Gasteiger partial charge in [-0.3, -0.25) is 0 Å². The van der Waals surface area contributed by atoms with Gasteiger partial charge < -0.3 is 15.8 Å². The van der Waals surface area contributed by atoms with Crippen LogP contribution in [0.15, 0.2) is 47.5 Å². The highest BCUT2D eigenvalue weighted by Gasteiger charge is 2.04. The Bertz CT molecular complexity index is 701. The first kappa shape index (κ1) is 20.3. The molecule has 0 aliphatic heterocycles. The molecule has 0 aromatic heterocycles. The van der Waals surface area contributed by atoms with Gasteiger partial charge in [0, 0.05) is 5.69 Å². The van der Waals surface area contributed by atoms with Gasteiger partial charge in [-0.15, -0.1) is 24.0 Å². The first-order valence-corrected chi connectivity index (χ1v) is 7.81. The summed E-state index contributed by atoms with van der Waals surface area (Å²) in [5.74, 6) is 1.25. The van der Waals surface area contributed by atoms with Crippen molar-refractivity contribution in [2.45, 2.75) is 33.8 Å². The zero-order valence-electron chi connectivity index (χ0n) is 14.7. The number of guanidine groups is 1. The van der Waals surface area contributed by atoms with E-state index in [1.807, 2.05) is 44.2 Å². The molecule has 1 unspecified atom stereocenters. The van der Waals surface area contributed by atoms with Crippen LogP contribution in [0.25, 0.3) is 0 Å². The Balaban J connectivity index is 0.00000288. The standard InChI is InChI=1S/C19H25N3O.HI/c1-13-6-5-7-18(10-13)23-16(4)12-21-19(20)22-17-9-8-14(2)15(3)11-17;/h5-11,16H,12H2,1-4H3,(H3,20,21,22);1H. The van der Waals surface area contributed by atoms with E-state index in [0.29, 0.717) is 12.5 Å². The van der Waals surface area contributed by atoms with E-state index >= 15 is 0 Å². The molecule has 24 heavy (non-hydrogen) atoms. The molecular weight excluding hydrogens is 413 g/mol. The molecule has 4 nitrogen and oxygen atoms in total. The van der Waals surface area contributed by atoms with Crippen molar-refractivity contribution in [3.8, 4) is 5.75 Å². The number of nitrogens with one attached hydrogen (secondary N) is 1. The first-order chi connectivity index (χ1) is 10.9. The van der Waals surface area contributed by atoms with Crippen molar-refractivity contribution in [1.29, 1.82) is 0 Å². The van der Waals surface area contributed by atoms with Crippen molar-refractivity contribution in [2.24, 2.45) is 10.7 Å². The van der Waals surface area contributed by atoms with Crippen LogP contribution in [0, 0.1) is 20.8 Å². The number of benzene rings is 2. The lowest BCUT2D eigenvalue weighted by Crippen LogP contribution is -2.25. The molecule has 3 N–H and O–H groups in total. The fourth-order valence-corrected chi connectivity index (χ4v) is 2.19. The highest BCUT2D eigenvalue weighted by Crippen LogP contribution is 2.15. The van der Waals surface area contributed by atoms with Crippen LogP contribution in [0.3, 0.4) is 0 Å². The summed E-state index contributed by atoms with van der Waals surface area (Å²) < 4.78 is 5.84. The van der Waals surface area contributed by atoms with E-state index in [1.54, 1.807) is 0 Å². The molecule has 130 valence electrons. The van der Waals surface area contributed by atoms with E-state index in [2.05, 4.69) is 36.3 Å². The van der Waals surface area contributed by atoms with E-state index in [9.17, 15) is 0 Å². The number of hydrogen-bond donors (Lipinski definition) is 2. The maximum atomic E-state index is 5.94. The molecule has 2 rings (SSSR count). The quantitative estimate of drug-likeness (QED) is 0.412. The van der Waals surface area contributed by atoms with Crippen LogP contribution in [0.1, 0.15) is 23.6 Å². The van der Waals surface area contributed by atoms with Crippen LogP contribution < -0.4 is 15.8 Å². The molecule has 2 aromatic carbocycles. The Kier molecular flexibility index (Phi) is 8.04. The minimum atomic E-state index is -0.0445. The molecule has 1 atom stereocenters. The zero-order valence-corrected chi connectivity index (χ0v) is 17.0. The molecule has 0 spiro atoms. The van der Waals surface area contributed by atoms with E-state index in [-0.39, 0.29) is 30.1 Å². The van der Waals surface area contributed by atoms with Crippen molar-refractivity contribution in [3.63, 3.8) is 0 Å². The monoisotopic (exact) mass is 439 g/mol. The largest absolute Gasteiger partial charge is 0.489 e. The molecule has 5 heteroatoms. The molecule has 0 radical (unpaired) electrons. The van der Waals surface area contributed by atoms with E-state index in [4.69, 9.17) is 10.5 Å². The van der Waals surface area contributed by atoms with E-state index in [1.165, 1.54) is 16.7 Å². The molecule has 0 aliphatic rings. The van der Waals surface area contributed by atoms with Gasteiger partial charge in [0.1, 0.15) is 11.9 Å². The Labute approximate surface area is 161 Å². The van der Waals surface area contributed by atoms with Gasteiger partial charge in [-0.05, 0) is 68.7 Å². The SMILES string of the molecule is Cc1cccc(OC(C)CN=C(N)Nc2ccc(C)c(C)c2)c1.I. The molecule has 0 fully saturated rings. The maximum Gasteiger partial charge on any atom is 0.193 e. The van der Waals surface area contributed by atoms with Gasteiger partial charge in [-0.2, -0.15) is 0 Å². The average Bonchev–Trinajstić information content (AvgIpc) is 2.49. The number of anilines is 1. The van der Waals surface area contributed by atoms with Gasteiger partial charge >= 0.3 is 0 Å². The predicted molar refractivity (Wildman–Crippen MR) is 113 cm³/mol. The summed E-state index contributed by atoms with van der Waals surface area (Å²) in [6.45, 7) is 8.68. The summed E-state index contributed by atoms with van der Waals surface area (Å²) >= 11 is 0. The average molecular weight is 439 g/mol. The Hall–Kier alpha value is -1.76. The smallest absolute Gasteiger partial charge is 0.193 e. The topological polar surface area (TPSA) is 59.6 Å². The Morgan fingerprint density at radius 2 is 1.88 bits per heavy atom. The third kappa shape index (κ3) is 6.39. The fourth-order valence-electron chi connectivity index (χ4n) is 2.19.